The van der Waals surface area contributed by atoms with Gasteiger partial charge in [0.05, 0.1) is 18.1 Å². The molecule has 0 saturated carbocycles. The molecule has 2 aliphatic carbocycles. The summed E-state index contributed by atoms with van der Waals surface area (Å²) >= 11 is 1.41. The van der Waals surface area contributed by atoms with Crippen LogP contribution in [0.15, 0.2) is 12.2 Å². The number of amides is 1. The smallest absolute Gasteiger partial charge is 0.341 e. The highest BCUT2D eigenvalue weighted by molar-refractivity contribution is 7.17. The first kappa shape index (κ1) is 19.6. The van der Waals surface area contributed by atoms with Gasteiger partial charge in [0.2, 0.25) is 5.91 Å². The number of thiophene rings is 1. The van der Waals surface area contributed by atoms with Gasteiger partial charge in [0, 0.05) is 16.8 Å². The van der Waals surface area contributed by atoms with E-state index in [2.05, 4.69) is 5.32 Å². The topological polar surface area (TPSA) is 95.5 Å². The number of nitrogens with one attached hydrogen (secondary N) is 1. The Morgan fingerprint density at radius 1 is 1.19 bits per heavy atom. The zero-order valence-corrected chi connectivity index (χ0v) is 16.2. The first-order valence-corrected chi connectivity index (χ1v) is 10.3. The number of carboxylic acids is 1. The van der Waals surface area contributed by atoms with Crippen LogP contribution >= 0.6 is 11.3 Å². The number of carbonyl (C=O) groups is 3. The molecular weight excluding hydrogens is 366 g/mol. The van der Waals surface area contributed by atoms with Crippen LogP contribution in [0.5, 0.6) is 0 Å². The van der Waals surface area contributed by atoms with Crippen LogP contribution in [0.1, 0.15) is 59.8 Å². The second-order valence-electron chi connectivity index (χ2n) is 7.02. The summed E-state index contributed by atoms with van der Waals surface area (Å²) in [7, 11) is 0. The minimum Gasteiger partial charge on any atom is -0.550 e. The van der Waals surface area contributed by atoms with Crippen LogP contribution in [-0.4, -0.2) is 24.5 Å². The third-order valence-electron chi connectivity index (χ3n) is 5.12. The number of fused-ring (bicyclic) bond motifs is 1. The number of hydrogen-bond acceptors (Lipinski definition) is 6. The van der Waals surface area contributed by atoms with Crippen molar-refractivity contribution < 1.29 is 24.2 Å². The van der Waals surface area contributed by atoms with Gasteiger partial charge in [-0.1, -0.05) is 19.1 Å². The Kier molecular flexibility index (Phi) is 6.31. The Morgan fingerprint density at radius 3 is 2.59 bits per heavy atom. The molecule has 1 N–H and O–H groups in total. The molecule has 0 unspecified atom stereocenters. The summed E-state index contributed by atoms with van der Waals surface area (Å²) in [5.74, 6) is -3.55. The number of carboxylic acid groups (broad SMARTS) is 1. The predicted octanol–water partition coefficient (Wildman–Crippen LogP) is 2.46. The van der Waals surface area contributed by atoms with Crippen molar-refractivity contribution in [1.82, 2.24) is 0 Å². The molecular formula is C20H24NO5S-. The maximum Gasteiger partial charge on any atom is 0.341 e. The normalized spacial score (nSPS) is 21.4. The molecule has 2 aliphatic rings. The summed E-state index contributed by atoms with van der Waals surface area (Å²) in [6, 6.07) is 0. The van der Waals surface area contributed by atoms with Gasteiger partial charge in [-0.15, -0.1) is 11.3 Å². The number of carbonyl (C=O) groups excluding carboxylic acids is 3. The fourth-order valence-electron chi connectivity index (χ4n) is 3.71. The van der Waals surface area contributed by atoms with Crippen molar-refractivity contribution in [1.29, 1.82) is 0 Å². The van der Waals surface area contributed by atoms with E-state index in [0.717, 1.165) is 42.5 Å². The fraction of sp³-hybridized carbons (Fsp3) is 0.550. The summed E-state index contributed by atoms with van der Waals surface area (Å²) in [5, 5.41) is 14.7. The van der Waals surface area contributed by atoms with Gasteiger partial charge < -0.3 is 20.0 Å². The Labute approximate surface area is 162 Å². The number of allylic oxidation sites excluding steroid dienone is 2. The van der Waals surface area contributed by atoms with E-state index in [1.807, 2.05) is 13.0 Å². The maximum atomic E-state index is 12.8. The van der Waals surface area contributed by atoms with Gasteiger partial charge in [-0.3, -0.25) is 4.79 Å². The second-order valence-corrected chi connectivity index (χ2v) is 8.12. The minimum atomic E-state index is -1.22. The average molecular weight is 390 g/mol. The summed E-state index contributed by atoms with van der Waals surface area (Å²) in [5.41, 5.74) is 1.43. The van der Waals surface area contributed by atoms with Crippen LogP contribution in [-0.2, 0) is 27.2 Å². The van der Waals surface area contributed by atoms with E-state index in [0.29, 0.717) is 23.6 Å². The zero-order chi connectivity index (χ0) is 19.4. The molecule has 146 valence electrons. The van der Waals surface area contributed by atoms with Gasteiger partial charge in [-0.05, 0) is 50.5 Å². The number of esters is 1. The lowest BCUT2D eigenvalue weighted by molar-refractivity contribution is -0.313. The predicted molar refractivity (Wildman–Crippen MR) is 101 cm³/mol. The average Bonchev–Trinajstić information content (AvgIpc) is 3.03. The molecule has 0 aliphatic heterocycles. The zero-order valence-electron chi connectivity index (χ0n) is 15.4. The number of hydrogen-bond donors (Lipinski definition) is 1. The van der Waals surface area contributed by atoms with Crippen molar-refractivity contribution in [3.63, 3.8) is 0 Å². The molecule has 0 bridgehead atoms. The molecule has 0 radical (unpaired) electrons. The van der Waals surface area contributed by atoms with E-state index < -0.39 is 23.8 Å². The second kappa shape index (κ2) is 8.69. The van der Waals surface area contributed by atoms with Gasteiger partial charge in [-0.2, -0.15) is 0 Å². The van der Waals surface area contributed by atoms with Gasteiger partial charge in [0.25, 0.3) is 0 Å². The van der Waals surface area contributed by atoms with E-state index in [9.17, 15) is 19.5 Å². The molecule has 1 amide bonds. The summed E-state index contributed by atoms with van der Waals surface area (Å²) in [6.07, 6.45) is 8.69. The van der Waals surface area contributed by atoms with E-state index in [1.54, 1.807) is 6.08 Å². The molecule has 1 aromatic rings. The van der Waals surface area contributed by atoms with Crippen molar-refractivity contribution in [2.75, 3.05) is 11.9 Å². The van der Waals surface area contributed by atoms with E-state index in [-0.39, 0.29) is 12.3 Å². The Hall–Kier alpha value is -2.15. The molecule has 1 aromatic heterocycles. The van der Waals surface area contributed by atoms with Crippen LogP contribution in [0.2, 0.25) is 0 Å². The third-order valence-corrected chi connectivity index (χ3v) is 6.33. The van der Waals surface area contributed by atoms with E-state index in [4.69, 9.17) is 4.74 Å². The highest BCUT2D eigenvalue weighted by atomic mass is 32.1. The minimum absolute atomic E-state index is 0.284. The highest BCUT2D eigenvalue weighted by Gasteiger charge is 2.33. The quantitative estimate of drug-likeness (QED) is 0.595. The first-order chi connectivity index (χ1) is 13.0. The molecule has 0 fully saturated rings. The largest absolute Gasteiger partial charge is 0.550 e. The van der Waals surface area contributed by atoms with E-state index in [1.165, 1.54) is 11.3 Å². The standard InChI is InChI=1S/C20H25NO5S/c1-2-11-26-20(25)16-14-9-5-6-10-15(14)27-18(16)21-17(22)12-7-3-4-8-13(12)19(23)24/h3-4,12-13H,2,5-11H2,1H3,(H,21,22)(H,23,24)/p-1/t12-,13+/m1/s1. The number of anilines is 1. The molecule has 1 heterocycles. The first-order valence-electron chi connectivity index (χ1n) is 9.51. The monoisotopic (exact) mass is 390 g/mol. The number of aliphatic carboxylic acids is 1. The summed E-state index contributed by atoms with van der Waals surface area (Å²) < 4.78 is 5.33. The molecule has 0 saturated heterocycles. The van der Waals surface area contributed by atoms with Crippen LogP contribution in [0.25, 0.3) is 0 Å². The summed E-state index contributed by atoms with van der Waals surface area (Å²) in [6.45, 7) is 2.26. The highest BCUT2D eigenvalue weighted by Crippen LogP contribution is 2.39. The molecule has 3 rings (SSSR count). The Bertz CT molecular complexity index is 767. The van der Waals surface area contributed by atoms with Gasteiger partial charge >= 0.3 is 5.97 Å². The van der Waals surface area contributed by atoms with Crippen LogP contribution in [0.4, 0.5) is 5.00 Å². The molecule has 27 heavy (non-hydrogen) atoms. The van der Waals surface area contributed by atoms with Crippen molar-refractivity contribution in [3.05, 3.63) is 28.2 Å². The van der Waals surface area contributed by atoms with Gasteiger partial charge in [0.15, 0.2) is 0 Å². The van der Waals surface area contributed by atoms with E-state index >= 15 is 0 Å². The van der Waals surface area contributed by atoms with Gasteiger partial charge in [0.1, 0.15) is 5.00 Å². The Morgan fingerprint density at radius 2 is 1.89 bits per heavy atom. The van der Waals surface area contributed by atoms with Gasteiger partial charge in [-0.25, -0.2) is 4.79 Å². The van der Waals surface area contributed by atoms with Crippen LogP contribution in [0.3, 0.4) is 0 Å². The lowest BCUT2D eigenvalue weighted by atomic mass is 9.82. The van der Waals surface area contributed by atoms with Crippen molar-refractivity contribution in [2.24, 2.45) is 11.8 Å². The van der Waals surface area contributed by atoms with Crippen LogP contribution in [0, 0.1) is 11.8 Å². The molecule has 2 atom stereocenters. The maximum absolute atomic E-state index is 12.8. The lowest BCUT2D eigenvalue weighted by Crippen LogP contribution is -2.41. The molecule has 6 nitrogen and oxygen atoms in total. The number of aryl methyl sites for hydroxylation is 1. The summed E-state index contributed by atoms with van der Waals surface area (Å²) in [4.78, 5) is 37.9. The van der Waals surface area contributed by atoms with Crippen LogP contribution < -0.4 is 10.4 Å². The lowest BCUT2D eigenvalue weighted by Gasteiger charge is -2.28. The molecule has 0 spiro atoms. The van der Waals surface area contributed by atoms with Crippen molar-refractivity contribution >= 4 is 34.2 Å². The van der Waals surface area contributed by atoms with Crippen molar-refractivity contribution in [3.8, 4) is 0 Å². The SMILES string of the molecule is CCCOC(=O)c1c(NC(=O)[C@@H]2CC=CC[C@@H]2C(=O)[O-])sc2c1CCCC2. The fourth-order valence-corrected chi connectivity index (χ4v) is 4.99. The molecule has 0 aromatic carbocycles. The number of rotatable bonds is 6. The van der Waals surface area contributed by atoms with Crippen molar-refractivity contribution in [2.45, 2.75) is 51.9 Å². The molecule has 7 heteroatoms. The Balaban J connectivity index is 1.86. The number of ether oxygens (including phenoxy) is 1. The third kappa shape index (κ3) is 4.24.